The Morgan fingerprint density at radius 3 is 2.82 bits per heavy atom. The van der Waals surface area contributed by atoms with Crippen molar-refractivity contribution < 1.29 is 28.1 Å². The molecule has 6 rings (SSSR count). The second-order valence-corrected chi connectivity index (χ2v) is 10.0. The van der Waals surface area contributed by atoms with Crippen molar-refractivity contribution in [3.63, 3.8) is 0 Å². The van der Waals surface area contributed by atoms with E-state index in [-0.39, 0.29) is 12.3 Å². The van der Waals surface area contributed by atoms with E-state index in [9.17, 15) is 9.18 Å². The van der Waals surface area contributed by atoms with Crippen LogP contribution in [-0.2, 0) is 4.74 Å². The molecule has 0 bridgehead atoms. The van der Waals surface area contributed by atoms with Crippen LogP contribution < -0.4 is 19.1 Å². The van der Waals surface area contributed by atoms with Crippen LogP contribution in [0, 0.1) is 12.7 Å². The minimum absolute atomic E-state index is 0.0728. The molecule has 10 nitrogen and oxygen atoms in total. The second-order valence-electron chi connectivity index (χ2n) is 8.64. The average Bonchev–Trinajstić information content (AvgIpc) is 3.38. The van der Waals surface area contributed by atoms with Gasteiger partial charge >= 0.3 is 6.09 Å². The van der Waals surface area contributed by atoms with E-state index in [1.807, 2.05) is 19.1 Å². The van der Waals surface area contributed by atoms with Crippen LogP contribution in [0.25, 0.3) is 31.8 Å². The first-order valence-corrected chi connectivity index (χ1v) is 12.8. The monoisotopic (exact) mass is 567 g/mol. The summed E-state index contributed by atoms with van der Waals surface area (Å²) in [5, 5.41) is 1.02. The van der Waals surface area contributed by atoms with Crippen molar-refractivity contribution in [1.29, 1.82) is 0 Å². The standard InChI is InChI=1S/C26H19ClFN5O5S/c1-12-4-15(21-17(5-12)31-19(35-3)10-30-21)25-32-22-16(27)7-18-23(24(22)39-25)36-11-20(37-18)38-26(34)33(2)14-6-13(28)8-29-9-14/h4-10,20H,11H2,1-3H3/t20-/m1/s1. The number of fused-ring (bicyclic) bond motifs is 4. The number of aryl methyl sites for hydroxylation is 1. The van der Waals surface area contributed by atoms with Crippen LogP contribution in [0.5, 0.6) is 17.4 Å². The van der Waals surface area contributed by atoms with Gasteiger partial charge < -0.3 is 18.9 Å². The van der Waals surface area contributed by atoms with Gasteiger partial charge in [0.1, 0.15) is 21.0 Å². The number of halogens is 2. The molecule has 1 atom stereocenters. The zero-order valence-electron chi connectivity index (χ0n) is 20.8. The summed E-state index contributed by atoms with van der Waals surface area (Å²) >= 11 is 7.96. The molecular formula is C26H19ClFN5O5S. The van der Waals surface area contributed by atoms with Crippen LogP contribution in [0.1, 0.15) is 5.56 Å². The Labute approximate surface area is 229 Å². The number of nitrogens with zero attached hydrogens (tertiary/aromatic N) is 5. The minimum Gasteiger partial charge on any atom is -0.480 e. The molecule has 4 heterocycles. The van der Waals surface area contributed by atoms with E-state index in [0.717, 1.165) is 22.2 Å². The fourth-order valence-corrected chi connectivity index (χ4v) is 5.50. The van der Waals surface area contributed by atoms with Gasteiger partial charge in [-0.05, 0) is 24.6 Å². The number of aromatic nitrogens is 4. The van der Waals surface area contributed by atoms with Gasteiger partial charge in [0, 0.05) is 24.7 Å². The van der Waals surface area contributed by atoms with Crippen molar-refractivity contribution in [2.75, 3.05) is 25.7 Å². The Kier molecular flexibility index (Phi) is 6.28. The van der Waals surface area contributed by atoms with Crippen LogP contribution in [-0.4, -0.2) is 53.1 Å². The van der Waals surface area contributed by atoms with Gasteiger partial charge in [0.2, 0.25) is 5.88 Å². The molecule has 1 aliphatic heterocycles. The number of anilines is 1. The van der Waals surface area contributed by atoms with E-state index in [1.165, 1.54) is 30.6 Å². The summed E-state index contributed by atoms with van der Waals surface area (Å²) in [5.74, 6) is 0.588. The van der Waals surface area contributed by atoms with E-state index in [0.29, 0.717) is 48.7 Å². The van der Waals surface area contributed by atoms with Gasteiger partial charge in [-0.1, -0.05) is 11.6 Å². The van der Waals surface area contributed by atoms with Gasteiger partial charge in [-0.3, -0.25) is 9.88 Å². The predicted molar refractivity (Wildman–Crippen MR) is 143 cm³/mol. The summed E-state index contributed by atoms with van der Waals surface area (Å²) in [5.41, 5.74) is 3.90. The topological polar surface area (TPSA) is 109 Å². The van der Waals surface area contributed by atoms with E-state index in [4.69, 9.17) is 35.5 Å². The molecule has 0 saturated carbocycles. The fraction of sp³-hybridized carbons (Fsp3) is 0.192. The lowest BCUT2D eigenvalue weighted by Gasteiger charge is -2.28. The molecule has 0 fully saturated rings. The molecule has 0 N–H and O–H groups in total. The van der Waals surface area contributed by atoms with Crippen LogP contribution in [0.2, 0.25) is 5.02 Å². The minimum atomic E-state index is -1.05. The second kappa shape index (κ2) is 9.79. The zero-order valence-corrected chi connectivity index (χ0v) is 22.3. The largest absolute Gasteiger partial charge is 0.480 e. The van der Waals surface area contributed by atoms with Crippen molar-refractivity contribution in [2.24, 2.45) is 0 Å². The molecule has 0 saturated heterocycles. The van der Waals surface area contributed by atoms with Crippen molar-refractivity contribution >= 4 is 56.0 Å². The number of benzene rings is 2. The predicted octanol–water partition coefficient (Wildman–Crippen LogP) is 5.78. The van der Waals surface area contributed by atoms with Crippen molar-refractivity contribution in [3.05, 3.63) is 59.3 Å². The molecule has 0 radical (unpaired) electrons. The molecule has 5 aromatic rings. The molecule has 1 amide bonds. The highest BCUT2D eigenvalue weighted by Crippen LogP contribution is 2.47. The van der Waals surface area contributed by atoms with Gasteiger partial charge in [0.05, 0.1) is 47.4 Å². The van der Waals surface area contributed by atoms with Crippen molar-refractivity contribution in [1.82, 2.24) is 19.9 Å². The highest BCUT2D eigenvalue weighted by Gasteiger charge is 2.30. The molecule has 3 aromatic heterocycles. The summed E-state index contributed by atoms with van der Waals surface area (Å²) in [6.45, 7) is 1.89. The molecule has 198 valence electrons. The van der Waals surface area contributed by atoms with Gasteiger partial charge in [0.25, 0.3) is 6.29 Å². The molecule has 39 heavy (non-hydrogen) atoms. The maximum atomic E-state index is 13.5. The Bertz CT molecular complexity index is 1770. The molecular weight excluding hydrogens is 549 g/mol. The number of thiazole rings is 1. The number of amides is 1. The normalized spacial score (nSPS) is 14.4. The number of carbonyl (C=O) groups is 1. The molecule has 0 spiro atoms. The third kappa shape index (κ3) is 4.61. The van der Waals surface area contributed by atoms with E-state index < -0.39 is 18.2 Å². The molecule has 1 aliphatic rings. The van der Waals surface area contributed by atoms with Crippen molar-refractivity contribution in [3.8, 4) is 28.0 Å². The van der Waals surface area contributed by atoms with E-state index >= 15 is 0 Å². The third-order valence-corrected chi connectivity index (χ3v) is 7.33. The van der Waals surface area contributed by atoms with Gasteiger partial charge in [-0.25, -0.2) is 24.1 Å². The molecule has 13 heteroatoms. The van der Waals surface area contributed by atoms with Gasteiger partial charge in [-0.2, -0.15) is 0 Å². The number of carbonyl (C=O) groups excluding carboxylic acids is 1. The highest BCUT2D eigenvalue weighted by molar-refractivity contribution is 7.22. The van der Waals surface area contributed by atoms with Crippen LogP contribution >= 0.6 is 22.9 Å². The number of methoxy groups -OCH3 is 1. The maximum absolute atomic E-state index is 13.5. The summed E-state index contributed by atoms with van der Waals surface area (Å²) in [6.07, 6.45) is 2.12. The number of hydrogen-bond acceptors (Lipinski definition) is 10. The SMILES string of the molecule is COc1cnc2c(-c3nc4c(Cl)cc5c(c4s3)OC[C@@H](OC(=O)N(C)c3cncc(F)c3)O5)cc(C)cc2n1. The Hall–Kier alpha value is -4.29. The summed E-state index contributed by atoms with van der Waals surface area (Å²) in [7, 11) is 2.98. The number of ether oxygens (including phenoxy) is 4. The highest BCUT2D eigenvalue weighted by atomic mass is 35.5. The third-order valence-electron chi connectivity index (χ3n) is 5.96. The molecule has 2 aromatic carbocycles. The quantitative estimate of drug-likeness (QED) is 0.267. The summed E-state index contributed by atoms with van der Waals surface area (Å²) in [6, 6.07) is 6.65. The van der Waals surface area contributed by atoms with Crippen LogP contribution in [0.4, 0.5) is 14.9 Å². The fourth-order valence-electron chi connectivity index (χ4n) is 4.11. The first-order valence-electron chi connectivity index (χ1n) is 11.6. The molecule has 0 unspecified atom stereocenters. The lowest BCUT2D eigenvalue weighted by atomic mass is 10.1. The zero-order chi connectivity index (χ0) is 27.3. The van der Waals surface area contributed by atoms with E-state index in [1.54, 1.807) is 19.4 Å². The Morgan fingerprint density at radius 2 is 2.03 bits per heavy atom. The van der Waals surface area contributed by atoms with Crippen molar-refractivity contribution in [2.45, 2.75) is 13.2 Å². The Balaban J connectivity index is 1.30. The number of rotatable bonds is 4. The van der Waals surface area contributed by atoms with E-state index in [2.05, 4.69) is 15.0 Å². The van der Waals surface area contributed by atoms with Crippen LogP contribution in [0.15, 0.2) is 42.9 Å². The smallest absolute Gasteiger partial charge is 0.417 e. The Morgan fingerprint density at radius 1 is 1.18 bits per heavy atom. The van der Waals surface area contributed by atoms with Gasteiger partial charge in [0.15, 0.2) is 18.1 Å². The maximum Gasteiger partial charge on any atom is 0.417 e. The first kappa shape index (κ1) is 25.0. The molecule has 0 aliphatic carbocycles. The number of pyridine rings is 1. The summed E-state index contributed by atoms with van der Waals surface area (Å²) < 4.78 is 36.7. The number of hydrogen-bond donors (Lipinski definition) is 0. The lowest BCUT2D eigenvalue weighted by molar-refractivity contribution is -0.0717. The van der Waals surface area contributed by atoms with Gasteiger partial charge in [-0.15, -0.1) is 11.3 Å². The lowest BCUT2D eigenvalue weighted by Crippen LogP contribution is -2.38. The summed E-state index contributed by atoms with van der Waals surface area (Å²) in [4.78, 5) is 31.3. The van der Waals surface area contributed by atoms with Crippen LogP contribution in [0.3, 0.4) is 0 Å². The average molecular weight is 568 g/mol. The first-order chi connectivity index (χ1) is 18.8.